The van der Waals surface area contributed by atoms with E-state index in [1.54, 1.807) is 0 Å². The average Bonchev–Trinajstić information content (AvgIpc) is 2.70. The lowest BCUT2D eigenvalue weighted by molar-refractivity contribution is 0.100. The highest BCUT2D eigenvalue weighted by atomic mass is 16.2. The lowest BCUT2D eigenvalue weighted by atomic mass is 10.1. The highest BCUT2D eigenvalue weighted by Gasteiger charge is 2.26. The quantitative estimate of drug-likeness (QED) is 0.592. The van der Waals surface area contributed by atoms with Crippen molar-refractivity contribution < 1.29 is 4.79 Å². The first kappa shape index (κ1) is 6.59. The molecule has 5 nitrogen and oxygen atoms in total. The van der Waals surface area contributed by atoms with E-state index < -0.39 is 0 Å². The standard InChI is InChI=1S/C8H4N4O/c13-8-6-4-2-1-3-5(4)9-10-7(6)11-12-8/h1,3H,2H2. The van der Waals surface area contributed by atoms with E-state index >= 15 is 0 Å². The highest BCUT2D eigenvalue weighted by molar-refractivity contribution is 6.03. The molecule has 1 amide bonds. The van der Waals surface area contributed by atoms with Gasteiger partial charge in [0.2, 0.25) is 5.82 Å². The number of rotatable bonds is 0. The minimum Gasteiger partial charge on any atom is -0.265 e. The van der Waals surface area contributed by atoms with Crippen molar-refractivity contribution in [1.29, 1.82) is 0 Å². The Hall–Kier alpha value is -1.91. The smallest absolute Gasteiger partial charge is 0.265 e. The number of hydrogen-bond acceptors (Lipinski definition) is 4. The number of carbonyl (C=O) groups excluding carboxylic acids is 1. The van der Waals surface area contributed by atoms with Crippen LogP contribution in [-0.2, 0) is 6.42 Å². The molecular formula is C8H4N4O. The maximum Gasteiger partial charge on any atom is 0.299 e. The van der Waals surface area contributed by atoms with Gasteiger partial charge in [-0.3, -0.25) is 4.79 Å². The SMILES string of the molecule is O=C1N=Nc2nnc3c(c21)CC=C3. The summed E-state index contributed by atoms with van der Waals surface area (Å²) in [6, 6.07) is 0. The van der Waals surface area contributed by atoms with Gasteiger partial charge in [-0.15, -0.1) is 20.4 Å². The fourth-order valence-electron chi connectivity index (χ4n) is 1.54. The van der Waals surface area contributed by atoms with Crippen LogP contribution in [0, 0.1) is 0 Å². The molecule has 13 heavy (non-hydrogen) atoms. The Balaban J connectivity index is 2.35. The molecule has 3 rings (SSSR count). The molecule has 2 heterocycles. The number of allylic oxidation sites excluding steroid dienone is 1. The van der Waals surface area contributed by atoms with Crippen LogP contribution in [0.3, 0.4) is 0 Å². The maximum absolute atomic E-state index is 11.3. The maximum atomic E-state index is 11.3. The minimum atomic E-state index is -0.301. The second-order valence-corrected chi connectivity index (χ2v) is 2.87. The first-order valence-electron chi connectivity index (χ1n) is 3.88. The largest absolute Gasteiger partial charge is 0.299 e. The summed E-state index contributed by atoms with van der Waals surface area (Å²) >= 11 is 0. The molecule has 62 valence electrons. The Morgan fingerprint density at radius 2 is 2.15 bits per heavy atom. The summed E-state index contributed by atoms with van der Waals surface area (Å²) in [4.78, 5) is 11.3. The zero-order chi connectivity index (χ0) is 8.84. The normalized spacial score (nSPS) is 16.5. The topological polar surface area (TPSA) is 67.6 Å². The first-order valence-corrected chi connectivity index (χ1v) is 3.88. The Labute approximate surface area is 73.2 Å². The summed E-state index contributed by atoms with van der Waals surface area (Å²) in [5.74, 6) is 0.0531. The molecule has 1 aliphatic heterocycles. The van der Waals surface area contributed by atoms with Crippen LogP contribution in [-0.4, -0.2) is 16.1 Å². The van der Waals surface area contributed by atoms with Crippen LogP contribution in [0.15, 0.2) is 16.3 Å². The van der Waals surface area contributed by atoms with Crippen molar-refractivity contribution in [3.63, 3.8) is 0 Å². The second kappa shape index (κ2) is 2.07. The highest BCUT2D eigenvalue weighted by Crippen LogP contribution is 2.31. The first-order chi connectivity index (χ1) is 6.36. The van der Waals surface area contributed by atoms with Crippen LogP contribution in [0.4, 0.5) is 5.82 Å². The summed E-state index contributed by atoms with van der Waals surface area (Å²) in [5, 5.41) is 14.8. The van der Waals surface area contributed by atoms with Gasteiger partial charge < -0.3 is 0 Å². The van der Waals surface area contributed by atoms with Gasteiger partial charge in [0.05, 0.1) is 11.3 Å². The molecule has 5 heteroatoms. The fraction of sp³-hybridized carbons (Fsp3) is 0.125. The summed E-state index contributed by atoms with van der Waals surface area (Å²) < 4.78 is 0. The number of hydrogen-bond donors (Lipinski definition) is 0. The number of amides is 1. The molecule has 0 saturated carbocycles. The zero-order valence-corrected chi connectivity index (χ0v) is 6.56. The molecule has 0 unspecified atom stereocenters. The van der Waals surface area contributed by atoms with Gasteiger partial charge in [-0.25, -0.2) is 0 Å². The molecule has 0 spiro atoms. The van der Waals surface area contributed by atoms with Crippen LogP contribution < -0.4 is 0 Å². The van der Waals surface area contributed by atoms with Crippen molar-refractivity contribution >= 4 is 17.8 Å². The van der Waals surface area contributed by atoms with Crippen LogP contribution >= 0.6 is 0 Å². The van der Waals surface area contributed by atoms with Crippen LogP contribution in [0.1, 0.15) is 21.6 Å². The summed E-state index contributed by atoms with van der Waals surface area (Å²) in [6.45, 7) is 0. The van der Waals surface area contributed by atoms with Gasteiger partial charge in [0.25, 0.3) is 5.91 Å². The van der Waals surface area contributed by atoms with Crippen molar-refractivity contribution in [2.75, 3.05) is 0 Å². The molecule has 0 N–H and O–H groups in total. The Kier molecular flexibility index (Phi) is 1.05. The lowest BCUT2D eigenvalue weighted by Crippen LogP contribution is -2.00. The number of carbonyl (C=O) groups is 1. The fourth-order valence-corrected chi connectivity index (χ4v) is 1.54. The van der Waals surface area contributed by atoms with Crippen molar-refractivity contribution in [2.24, 2.45) is 10.2 Å². The molecule has 0 radical (unpaired) electrons. The molecule has 1 aromatic rings. The minimum absolute atomic E-state index is 0.301. The summed E-state index contributed by atoms with van der Waals surface area (Å²) in [5.41, 5.74) is 2.19. The number of nitrogens with zero attached hydrogens (tertiary/aromatic N) is 4. The molecule has 0 atom stereocenters. The van der Waals surface area contributed by atoms with Crippen molar-refractivity contribution in [2.45, 2.75) is 6.42 Å². The van der Waals surface area contributed by atoms with Gasteiger partial charge in [0, 0.05) is 5.56 Å². The number of azo groups is 1. The predicted molar refractivity (Wildman–Crippen MR) is 43.6 cm³/mol. The van der Waals surface area contributed by atoms with Gasteiger partial charge >= 0.3 is 0 Å². The van der Waals surface area contributed by atoms with Gasteiger partial charge in [0.1, 0.15) is 0 Å². The molecule has 0 bridgehead atoms. The van der Waals surface area contributed by atoms with Gasteiger partial charge in [-0.1, -0.05) is 6.08 Å². The Morgan fingerprint density at radius 1 is 1.23 bits per heavy atom. The molecule has 0 saturated heterocycles. The van der Waals surface area contributed by atoms with E-state index in [-0.39, 0.29) is 5.91 Å². The lowest BCUT2D eigenvalue weighted by Gasteiger charge is -1.99. The van der Waals surface area contributed by atoms with E-state index in [4.69, 9.17) is 0 Å². The zero-order valence-electron chi connectivity index (χ0n) is 6.56. The van der Waals surface area contributed by atoms with E-state index in [9.17, 15) is 4.79 Å². The molecule has 0 aromatic carbocycles. The molecule has 1 aliphatic carbocycles. The molecule has 2 aliphatic rings. The Morgan fingerprint density at radius 3 is 3.08 bits per heavy atom. The Bertz CT molecular complexity index is 475. The predicted octanol–water partition coefficient (Wildman–Crippen LogP) is 1.28. The van der Waals surface area contributed by atoms with E-state index in [0.29, 0.717) is 11.4 Å². The third-order valence-corrected chi connectivity index (χ3v) is 2.13. The van der Waals surface area contributed by atoms with E-state index in [1.807, 2.05) is 12.2 Å². The second-order valence-electron chi connectivity index (χ2n) is 2.87. The monoisotopic (exact) mass is 172 g/mol. The van der Waals surface area contributed by atoms with Crippen molar-refractivity contribution in [3.8, 4) is 0 Å². The number of aromatic nitrogens is 2. The van der Waals surface area contributed by atoms with Crippen LogP contribution in [0.5, 0.6) is 0 Å². The van der Waals surface area contributed by atoms with Gasteiger partial charge in [-0.05, 0) is 12.5 Å². The molecule has 0 fully saturated rings. The number of fused-ring (bicyclic) bond motifs is 3. The van der Waals surface area contributed by atoms with Crippen molar-refractivity contribution in [3.05, 3.63) is 22.9 Å². The van der Waals surface area contributed by atoms with Gasteiger partial charge in [-0.2, -0.15) is 0 Å². The van der Waals surface area contributed by atoms with E-state index in [0.717, 1.165) is 17.7 Å². The molecule has 1 aromatic heterocycles. The molecular weight excluding hydrogens is 168 g/mol. The van der Waals surface area contributed by atoms with Crippen LogP contribution in [0.25, 0.3) is 6.08 Å². The van der Waals surface area contributed by atoms with Gasteiger partial charge in [0.15, 0.2) is 0 Å². The third kappa shape index (κ3) is 0.729. The summed E-state index contributed by atoms with van der Waals surface area (Å²) in [6.07, 6.45) is 4.53. The summed E-state index contributed by atoms with van der Waals surface area (Å²) in [7, 11) is 0. The van der Waals surface area contributed by atoms with Crippen LogP contribution in [0.2, 0.25) is 0 Å². The van der Waals surface area contributed by atoms with E-state index in [2.05, 4.69) is 20.4 Å². The van der Waals surface area contributed by atoms with Crippen molar-refractivity contribution in [1.82, 2.24) is 10.2 Å². The average molecular weight is 172 g/mol. The van der Waals surface area contributed by atoms with E-state index in [1.165, 1.54) is 0 Å². The third-order valence-electron chi connectivity index (χ3n) is 2.13.